The Morgan fingerprint density at radius 1 is 1.22 bits per heavy atom. The summed E-state index contributed by atoms with van der Waals surface area (Å²) in [4.78, 5) is 11.3. The standard InChI is InChI=1S/C22H26FNO3/c1-12-8-15(9-13(2)19(12)27-5)16-10-14-6-7-22(3,4)20(24-21(25)26)17(14)11-18(16)23/h8-11,20,24H,6-7H2,1-5H3,(H,25,26)/t20-/m0/s1. The highest BCUT2D eigenvalue weighted by Gasteiger charge is 2.37. The first-order chi connectivity index (χ1) is 12.6. The van der Waals surface area contributed by atoms with E-state index in [9.17, 15) is 9.90 Å². The molecule has 1 aliphatic carbocycles. The molecule has 0 saturated carbocycles. The van der Waals surface area contributed by atoms with Crippen molar-refractivity contribution >= 4 is 6.09 Å². The lowest BCUT2D eigenvalue weighted by Crippen LogP contribution is -2.40. The van der Waals surface area contributed by atoms with Crippen LogP contribution in [0.25, 0.3) is 11.1 Å². The Labute approximate surface area is 159 Å². The Bertz CT molecular complexity index is 882. The lowest BCUT2D eigenvalue weighted by Gasteiger charge is -2.40. The van der Waals surface area contributed by atoms with Gasteiger partial charge >= 0.3 is 6.09 Å². The molecule has 1 amide bonds. The fraction of sp³-hybridized carbons (Fsp3) is 0.409. The highest BCUT2D eigenvalue weighted by atomic mass is 19.1. The van der Waals surface area contributed by atoms with Gasteiger partial charge in [0.25, 0.3) is 0 Å². The molecule has 0 spiro atoms. The van der Waals surface area contributed by atoms with Crippen molar-refractivity contribution in [2.75, 3.05) is 7.11 Å². The van der Waals surface area contributed by atoms with Crippen LogP contribution in [0, 0.1) is 25.1 Å². The third-order valence-corrected chi connectivity index (χ3v) is 5.60. The van der Waals surface area contributed by atoms with Crippen LogP contribution in [0.4, 0.5) is 9.18 Å². The molecule has 0 radical (unpaired) electrons. The van der Waals surface area contributed by atoms with E-state index in [4.69, 9.17) is 4.74 Å². The molecule has 27 heavy (non-hydrogen) atoms. The summed E-state index contributed by atoms with van der Waals surface area (Å²) < 4.78 is 20.5. The maximum Gasteiger partial charge on any atom is 0.405 e. The van der Waals surface area contributed by atoms with Crippen molar-refractivity contribution in [3.63, 3.8) is 0 Å². The predicted molar refractivity (Wildman–Crippen MR) is 104 cm³/mol. The highest BCUT2D eigenvalue weighted by Crippen LogP contribution is 2.45. The molecule has 5 heteroatoms. The second kappa shape index (κ2) is 6.87. The second-order valence-electron chi connectivity index (χ2n) is 8.05. The molecule has 2 aromatic rings. The molecule has 0 fully saturated rings. The first-order valence-electron chi connectivity index (χ1n) is 9.11. The van der Waals surface area contributed by atoms with Crippen molar-refractivity contribution < 1.29 is 19.0 Å². The van der Waals surface area contributed by atoms with Crippen LogP contribution in [-0.4, -0.2) is 18.3 Å². The van der Waals surface area contributed by atoms with Gasteiger partial charge < -0.3 is 15.2 Å². The van der Waals surface area contributed by atoms with Gasteiger partial charge in [0.15, 0.2) is 0 Å². The maximum atomic E-state index is 15.1. The van der Waals surface area contributed by atoms with E-state index in [1.54, 1.807) is 7.11 Å². The van der Waals surface area contributed by atoms with E-state index in [1.807, 2.05) is 45.9 Å². The number of carbonyl (C=O) groups is 1. The Kier molecular flexibility index (Phi) is 4.89. The number of hydrogen-bond donors (Lipinski definition) is 2. The molecule has 0 bridgehead atoms. The molecule has 2 N–H and O–H groups in total. The highest BCUT2D eigenvalue weighted by molar-refractivity contribution is 5.70. The van der Waals surface area contributed by atoms with Crippen LogP contribution in [0.2, 0.25) is 0 Å². The molecule has 1 atom stereocenters. The van der Waals surface area contributed by atoms with Crippen LogP contribution >= 0.6 is 0 Å². The van der Waals surface area contributed by atoms with Gasteiger partial charge in [0.05, 0.1) is 13.2 Å². The molecule has 0 heterocycles. The Morgan fingerprint density at radius 3 is 2.41 bits per heavy atom. The van der Waals surface area contributed by atoms with Gasteiger partial charge in [-0.1, -0.05) is 13.8 Å². The average molecular weight is 371 g/mol. The normalized spacial score (nSPS) is 17.9. The molecule has 0 saturated heterocycles. The topological polar surface area (TPSA) is 58.6 Å². The lowest BCUT2D eigenvalue weighted by molar-refractivity contribution is 0.161. The molecular weight excluding hydrogens is 345 g/mol. The molecule has 0 aliphatic heterocycles. The largest absolute Gasteiger partial charge is 0.496 e. The minimum absolute atomic E-state index is 0.271. The average Bonchev–Trinajstić information content (AvgIpc) is 2.57. The molecular formula is C22H26FNO3. The van der Waals surface area contributed by atoms with Gasteiger partial charge in [-0.3, -0.25) is 0 Å². The number of nitrogens with one attached hydrogen (secondary N) is 1. The molecule has 1 aliphatic rings. The van der Waals surface area contributed by atoms with Crippen LogP contribution in [0.3, 0.4) is 0 Å². The number of ether oxygens (including phenoxy) is 1. The van der Waals surface area contributed by atoms with Crippen molar-refractivity contribution in [2.45, 2.75) is 46.6 Å². The second-order valence-corrected chi connectivity index (χ2v) is 8.05. The van der Waals surface area contributed by atoms with E-state index in [1.165, 1.54) is 6.07 Å². The molecule has 2 aromatic carbocycles. The van der Waals surface area contributed by atoms with Gasteiger partial charge in [-0.05, 0) is 84.2 Å². The maximum absolute atomic E-state index is 15.1. The van der Waals surface area contributed by atoms with Gasteiger partial charge in [0.2, 0.25) is 0 Å². The third-order valence-electron chi connectivity index (χ3n) is 5.60. The third kappa shape index (κ3) is 3.51. The summed E-state index contributed by atoms with van der Waals surface area (Å²) >= 11 is 0. The summed E-state index contributed by atoms with van der Waals surface area (Å²) in [5, 5.41) is 11.8. The Morgan fingerprint density at radius 2 is 1.85 bits per heavy atom. The first kappa shape index (κ1) is 19.2. The minimum atomic E-state index is -1.09. The zero-order valence-corrected chi connectivity index (χ0v) is 16.4. The van der Waals surface area contributed by atoms with Crippen molar-refractivity contribution in [3.8, 4) is 16.9 Å². The smallest absolute Gasteiger partial charge is 0.405 e. The van der Waals surface area contributed by atoms with Gasteiger partial charge in [0.1, 0.15) is 11.6 Å². The van der Waals surface area contributed by atoms with Gasteiger partial charge in [0, 0.05) is 5.56 Å². The quantitative estimate of drug-likeness (QED) is 0.759. The van der Waals surface area contributed by atoms with Crippen LogP contribution < -0.4 is 10.1 Å². The Balaban J connectivity index is 2.11. The number of halogens is 1. The van der Waals surface area contributed by atoms with E-state index in [2.05, 4.69) is 5.32 Å². The van der Waals surface area contributed by atoms with Gasteiger partial charge in [-0.25, -0.2) is 9.18 Å². The zero-order chi connectivity index (χ0) is 19.9. The number of methoxy groups -OCH3 is 1. The fourth-order valence-electron chi connectivity index (χ4n) is 4.19. The number of rotatable bonds is 3. The van der Waals surface area contributed by atoms with Crippen molar-refractivity contribution in [1.29, 1.82) is 0 Å². The Hall–Kier alpha value is -2.56. The molecule has 3 rings (SSSR count). The monoisotopic (exact) mass is 371 g/mol. The van der Waals surface area contributed by atoms with Crippen molar-refractivity contribution in [1.82, 2.24) is 5.32 Å². The number of benzene rings is 2. The first-order valence-corrected chi connectivity index (χ1v) is 9.11. The van der Waals surface area contributed by atoms with E-state index < -0.39 is 12.1 Å². The van der Waals surface area contributed by atoms with Gasteiger partial charge in [-0.2, -0.15) is 0 Å². The SMILES string of the molecule is COc1c(C)cc(-c2cc3c(cc2F)[C@H](NC(=O)O)C(C)(C)CC3)cc1C. The number of hydrogen-bond acceptors (Lipinski definition) is 2. The van der Waals surface area contributed by atoms with Crippen LogP contribution in [0.1, 0.15) is 48.6 Å². The van der Waals surface area contributed by atoms with Gasteiger partial charge in [-0.15, -0.1) is 0 Å². The molecule has 4 nitrogen and oxygen atoms in total. The number of carboxylic acid groups (broad SMARTS) is 1. The summed E-state index contributed by atoms with van der Waals surface area (Å²) in [5.74, 6) is 0.470. The van der Waals surface area contributed by atoms with E-state index in [0.29, 0.717) is 5.56 Å². The van der Waals surface area contributed by atoms with E-state index >= 15 is 4.39 Å². The summed E-state index contributed by atoms with van der Waals surface area (Å²) in [6.45, 7) is 7.92. The van der Waals surface area contributed by atoms with E-state index in [-0.39, 0.29) is 11.2 Å². The molecule has 144 valence electrons. The van der Waals surface area contributed by atoms with Crippen LogP contribution in [-0.2, 0) is 6.42 Å². The summed E-state index contributed by atoms with van der Waals surface area (Å²) in [7, 11) is 1.63. The molecule has 0 aromatic heterocycles. The number of aryl methyl sites for hydroxylation is 3. The summed E-state index contributed by atoms with van der Waals surface area (Å²) in [6, 6.07) is 6.80. The number of amides is 1. The number of fused-ring (bicyclic) bond motifs is 1. The summed E-state index contributed by atoms with van der Waals surface area (Å²) in [5.41, 5.74) is 4.71. The van der Waals surface area contributed by atoms with Crippen LogP contribution in [0.5, 0.6) is 5.75 Å². The molecule has 0 unspecified atom stereocenters. The predicted octanol–water partition coefficient (Wildman–Crippen LogP) is 5.40. The lowest BCUT2D eigenvalue weighted by atomic mass is 9.70. The summed E-state index contributed by atoms with van der Waals surface area (Å²) in [6.07, 6.45) is 0.532. The zero-order valence-electron chi connectivity index (χ0n) is 16.4. The van der Waals surface area contributed by atoms with Crippen LogP contribution in [0.15, 0.2) is 24.3 Å². The van der Waals surface area contributed by atoms with Crippen molar-refractivity contribution in [2.24, 2.45) is 5.41 Å². The van der Waals surface area contributed by atoms with E-state index in [0.717, 1.165) is 46.4 Å². The van der Waals surface area contributed by atoms with Crippen molar-refractivity contribution in [3.05, 3.63) is 52.3 Å². The minimum Gasteiger partial charge on any atom is -0.496 e. The fourth-order valence-corrected chi connectivity index (χ4v) is 4.19.